The first-order valence-electron chi connectivity index (χ1n) is 7.90. The van der Waals surface area contributed by atoms with E-state index in [0.29, 0.717) is 11.7 Å². The Morgan fingerprint density at radius 3 is 2.43 bits per heavy atom. The van der Waals surface area contributed by atoms with Gasteiger partial charge in [0.15, 0.2) is 0 Å². The number of nitrogens with zero attached hydrogens (tertiary/aromatic N) is 2. The van der Waals surface area contributed by atoms with Crippen LogP contribution in [-0.4, -0.2) is 9.36 Å². The maximum Gasteiger partial charge on any atom is 0.290 e. The maximum absolute atomic E-state index is 12.7. The molecule has 1 aromatic heterocycles. The van der Waals surface area contributed by atoms with E-state index in [1.807, 2.05) is 35.0 Å². The molecule has 21 heavy (non-hydrogen) atoms. The third kappa shape index (κ3) is 2.39. The molecule has 1 fully saturated rings. The van der Waals surface area contributed by atoms with Crippen LogP contribution in [0.4, 0.5) is 5.69 Å². The molecule has 3 rings (SSSR count). The molecule has 0 bridgehead atoms. The predicted molar refractivity (Wildman–Crippen MR) is 86.3 cm³/mol. The highest BCUT2D eigenvalue weighted by atomic mass is 16.1. The number of hydrogen-bond donors (Lipinski definition) is 1. The largest absolute Gasteiger partial charge is 0.392 e. The van der Waals surface area contributed by atoms with Crippen molar-refractivity contribution in [3.63, 3.8) is 0 Å². The van der Waals surface area contributed by atoms with Crippen molar-refractivity contribution >= 4 is 5.69 Å². The molecule has 1 aliphatic carbocycles. The molecule has 1 heterocycles. The van der Waals surface area contributed by atoms with Crippen LogP contribution in [0.25, 0.3) is 11.3 Å². The number of aromatic nitrogens is 2. The van der Waals surface area contributed by atoms with E-state index in [0.717, 1.165) is 30.6 Å². The van der Waals surface area contributed by atoms with Crippen molar-refractivity contribution in [1.29, 1.82) is 0 Å². The van der Waals surface area contributed by atoms with Crippen LogP contribution in [0, 0.1) is 0 Å². The minimum atomic E-state index is -0.0254. The Labute approximate surface area is 125 Å². The summed E-state index contributed by atoms with van der Waals surface area (Å²) in [6.45, 7) is 2.83. The zero-order valence-corrected chi connectivity index (χ0v) is 12.6. The van der Waals surface area contributed by atoms with Gasteiger partial charge in [-0.1, -0.05) is 49.6 Å². The van der Waals surface area contributed by atoms with Gasteiger partial charge in [0.05, 0.1) is 11.7 Å². The Balaban J connectivity index is 2.16. The summed E-state index contributed by atoms with van der Waals surface area (Å²) < 4.78 is 3.99. The molecule has 0 unspecified atom stereocenters. The normalized spacial score (nSPS) is 16.2. The highest BCUT2D eigenvalue weighted by Crippen LogP contribution is 2.31. The minimum absolute atomic E-state index is 0.0254. The minimum Gasteiger partial charge on any atom is -0.392 e. The summed E-state index contributed by atoms with van der Waals surface area (Å²) in [6, 6.07) is 10.3. The summed E-state index contributed by atoms with van der Waals surface area (Å²) >= 11 is 0. The quantitative estimate of drug-likeness (QED) is 0.939. The first-order valence-corrected chi connectivity index (χ1v) is 7.90. The van der Waals surface area contributed by atoms with Crippen molar-refractivity contribution in [3.8, 4) is 11.3 Å². The van der Waals surface area contributed by atoms with Crippen LogP contribution in [0.1, 0.15) is 45.1 Å². The number of rotatable bonds is 3. The molecule has 4 heteroatoms. The molecule has 2 N–H and O–H groups in total. The van der Waals surface area contributed by atoms with Crippen LogP contribution in [0.2, 0.25) is 0 Å². The van der Waals surface area contributed by atoms with E-state index in [1.165, 1.54) is 19.3 Å². The van der Waals surface area contributed by atoms with E-state index in [9.17, 15) is 4.79 Å². The topological polar surface area (TPSA) is 52.9 Å². The average Bonchev–Trinajstić information content (AvgIpc) is 2.80. The molecule has 0 amide bonds. The van der Waals surface area contributed by atoms with E-state index >= 15 is 0 Å². The second-order valence-corrected chi connectivity index (χ2v) is 5.79. The molecule has 4 nitrogen and oxygen atoms in total. The van der Waals surface area contributed by atoms with Crippen molar-refractivity contribution in [2.45, 2.75) is 51.6 Å². The predicted octanol–water partition coefficient (Wildman–Crippen LogP) is 3.42. The Morgan fingerprint density at radius 2 is 1.81 bits per heavy atom. The van der Waals surface area contributed by atoms with Crippen LogP contribution in [0.3, 0.4) is 0 Å². The van der Waals surface area contributed by atoms with Crippen molar-refractivity contribution in [3.05, 3.63) is 40.7 Å². The van der Waals surface area contributed by atoms with Gasteiger partial charge in [-0.2, -0.15) is 0 Å². The fraction of sp³-hybridized carbons (Fsp3) is 0.471. The molecular formula is C17H23N3O. The zero-order chi connectivity index (χ0) is 14.8. The summed E-state index contributed by atoms with van der Waals surface area (Å²) in [5, 5.41) is 0. The molecule has 0 radical (unpaired) electrons. The standard InChI is InChI=1S/C17H23N3O/c1-2-19-16(13-9-5-3-6-10-13)15(18)17(21)20(19)14-11-7-4-8-12-14/h3,5-6,9-10,14H,2,4,7-8,11-12,18H2,1H3. The lowest BCUT2D eigenvalue weighted by Gasteiger charge is -2.25. The lowest BCUT2D eigenvalue weighted by molar-refractivity contribution is 0.286. The molecular weight excluding hydrogens is 262 g/mol. The van der Waals surface area contributed by atoms with Crippen molar-refractivity contribution in [1.82, 2.24) is 9.36 Å². The SMILES string of the molecule is CCn1c(-c2ccccc2)c(N)c(=O)n1C1CCCCC1. The average molecular weight is 285 g/mol. The summed E-state index contributed by atoms with van der Waals surface area (Å²) in [6.07, 6.45) is 5.84. The van der Waals surface area contributed by atoms with Gasteiger partial charge in [-0.3, -0.25) is 9.48 Å². The highest BCUT2D eigenvalue weighted by molar-refractivity contribution is 5.72. The molecule has 2 aromatic rings. The van der Waals surface area contributed by atoms with Crippen molar-refractivity contribution in [2.24, 2.45) is 0 Å². The molecule has 1 aromatic carbocycles. The van der Waals surface area contributed by atoms with Gasteiger partial charge >= 0.3 is 0 Å². The number of anilines is 1. The number of nitrogens with two attached hydrogens (primary N) is 1. The number of benzene rings is 1. The maximum atomic E-state index is 12.7. The van der Waals surface area contributed by atoms with Crippen LogP contribution >= 0.6 is 0 Å². The summed E-state index contributed by atoms with van der Waals surface area (Å²) in [4.78, 5) is 12.7. The van der Waals surface area contributed by atoms with Crippen LogP contribution < -0.4 is 11.3 Å². The Bertz CT molecular complexity index is 663. The van der Waals surface area contributed by atoms with Gasteiger partial charge in [0.1, 0.15) is 5.69 Å². The highest BCUT2D eigenvalue weighted by Gasteiger charge is 2.24. The zero-order valence-electron chi connectivity index (χ0n) is 12.6. The Morgan fingerprint density at radius 1 is 1.14 bits per heavy atom. The monoisotopic (exact) mass is 285 g/mol. The second-order valence-electron chi connectivity index (χ2n) is 5.79. The van der Waals surface area contributed by atoms with Crippen LogP contribution in [-0.2, 0) is 6.54 Å². The molecule has 0 spiro atoms. The summed E-state index contributed by atoms with van der Waals surface area (Å²) in [5.74, 6) is 0. The fourth-order valence-electron chi connectivity index (χ4n) is 3.48. The first kappa shape index (κ1) is 14.0. The van der Waals surface area contributed by atoms with E-state index in [4.69, 9.17) is 5.73 Å². The van der Waals surface area contributed by atoms with E-state index in [2.05, 4.69) is 11.6 Å². The van der Waals surface area contributed by atoms with Gasteiger partial charge in [-0.25, -0.2) is 4.68 Å². The van der Waals surface area contributed by atoms with Gasteiger partial charge in [0, 0.05) is 12.1 Å². The van der Waals surface area contributed by atoms with Crippen molar-refractivity contribution in [2.75, 3.05) is 5.73 Å². The molecule has 0 atom stereocenters. The molecule has 1 saturated carbocycles. The Hall–Kier alpha value is -1.97. The molecule has 0 aliphatic heterocycles. The van der Waals surface area contributed by atoms with E-state index < -0.39 is 0 Å². The van der Waals surface area contributed by atoms with Gasteiger partial charge in [-0.05, 0) is 19.8 Å². The number of hydrogen-bond acceptors (Lipinski definition) is 2. The van der Waals surface area contributed by atoms with Gasteiger partial charge in [0.25, 0.3) is 5.56 Å². The Kier molecular flexibility index (Phi) is 3.86. The fourth-order valence-corrected chi connectivity index (χ4v) is 3.48. The molecule has 112 valence electrons. The van der Waals surface area contributed by atoms with Crippen LogP contribution in [0.15, 0.2) is 35.1 Å². The van der Waals surface area contributed by atoms with Gasteiger partial charge in [0.2, 0.25) is 0 Å². The van der Waals surface area contributed by atoms with Gasteiger partial charge < -0.3 is 5.73 Å². The van der Waals surface area contributed by atoms with E-state index in [1.54, 1.807) is 0 Å². The van der Waals surface area contributed by atoms with Crippen molar-refractivity contribution < 1.29 is 0 Å². The van der Waals surface area contributed by atoms with E-state index in [-0.39, 0.29) is 5.56 Å². The van der Waals surface area contributed by atoms with Gasteiger partial charge in [-0.15, -0.1) is 0 Å². The summed E-state index contributed by atoms with van der Waals surface area (Å²) in [5.41, 5.74) is 8.41. The molecule has 1 aliphatic rings. The number of nitrogen functional groups attached to an aromatic ring is 1. The lowest BCUT2D eigenvalue weighted by Crippen LogP contribution is -2.29. The van der Waals surface area contributed by atoms with Crippen LogP contribution in [0.5, 0.6) is 0 Å². The summed E-state index contributed by atoms with van der Waals surface area (Å²) in [7, 11) is 0. The third-order valence-electron chi connectivity index (χ3n) is 4.48. The first-order chi connectivity index (χ1) is 10.2. The second kappa shape index (κ2) is 5.80. The third-order valence-corrected chi connectivity index (χ3v) is 4.48. The smallest absolute Gasteiger partial charge is 0.290 e. The molecule has 0 saturated heterocycles. The lowest BCUT2D eigenvalue weighted by atomic mass is 9.96.